The summed E-state index contributed by atoms with van der Waals surface area (Å²) in [5.41, 5.74) is 0. The van der Waals surface area contributed by atoms with Gasteiger partial charge in [0.1, 0.15) is 0 Å². The van der Waals surface area contributed by atoms with E-state index in [0.717, 1.165) is 6.42 Å². The lowest BCUT2D eigenvalue weighted by molar-refractivity contribution is -0.137. The van der Waals surface area contributed by atoms with Gasteiger partial charge in [0.25, 0.3) is 0 Å². The number of hydrogen-bond donors (Lipinski definition) is 0. The van der Waals surface area contributed by atoms with E-state index in [2.05, 4.69) is 0 Å². The second-order valence-corrected chi connectivity index (χ2v) is 4.88. The standard InChI is InChI=1S/C17H24O5/c1-4-8-15(18)21-14-11-7-10-13(20-12-6-3)17(14)22-16(19)9-5-2/h7,10-11H,4-6,8-9,12H2,1-3H3. The van der Waals surface area contributed by atoms with E-state index in [9.17, 15) is 9.59 Å². The molecule has 22 heavy (non-hydrogen) atoms. The molecular weight excluding hydrogens is 284 g/mol. The normalized spacial score (nSPS) is 10.1. The van der Waals surface area contributed by atoms with Crippen LogP contribution in [-0.2, 0) is 9.59 Å². The van der Waals surface area contributed by atoms with Gasteiger partial charge in [-0.15, -0.1) is 0 Å². The fourth-order valence-electron chi connectivity index (χ4n) is 1.75. The Balaban J connectivity index is 3.01. The Kier molecular flexibility index (Phi) is 8.04. The van der Waals surface area contributed by atoms with Crippen LogP contribution in [0.25, 0.3) is 0 Å². The van der Waals surface area contributed by atoms with E-state index < -0.39 is 0 Å². The molecule has 0 saturated heterocycles. The third-order valence-corrected chi connectivity index (χ3v) is 2.75. The molecule has 0 amide bonds. The van der Waals surface area contributed by atoms with Gasteiger partial charge >= 0.3 is 11.9 Å². The zero-order chi connectivity index (χ0) is 16.4. The van der Waals surface area contributed by atoms with E-state index in [4.69, 9.17) is 14.2 Å². The number of benzene rings is 1. The molecule has 5 heteroatoms. The van der Waals surface area contributed by atoms with Crippen molar-refractivity contribution < 1.29 is 23.8 Å². The molecule has 0 spiro atoms. The topological polar surface area (TPSA) is 61.8 Å². The van der Waals surface area contributed by atoms with E-state index in [1.54, 1.807) is 18.2 Å². The fourth-order valence-corrected chi connectivity index (χ4v) is 1.75. The van der Waals surface area contributed by atoms with Crippen molar-refractivity contribution in [1.82, 2.24) is 0 Å². The Morgan fingerprint density at radius 2 is 1.45 bits per heavy atom. The molecule has 0 saturated carbocycles. The lowest BCUT2D eigenvalue weighted by Crippen LogP contribution is -2.12. The third kappa shape index (κ3) is 5.76. The molecule has 0 aliphatic carbocycles. The van der Waals surface area contributed by atoms with Crippen LogP contribution < -0.4 is 14.2 Å². The van der Waals surface area contributed by atoms with Crippen LogP contribution in [0.1, 0.15) is 52.9 Å². The summed E-state index contributed by atoms with van der Waals surface area (Å²) in [6.45, 7) is 6.26. The van der Waals surface area contributed by atoms with Gasteiger partial charge in [0.05, 0.1) is 6.61 Å². The number of rotatable bonds is 9. The predicted octanol–water partition coefficient (Wildman–Crippen LogP) is 3.89. The van der Waals surface area contributed by atoms with Crippen LogP contribution in [0, 0.1) is 0 Å². The highest BCUT2D eigenvalue weighted by Crippen LogP contribution is 2.38. The van der Waals surface area contributed by atoms with Crippen molar-refractivity contribution in [2.24, 2.45) is 0 Å². The summed E-state index contributed by atoms with van der Waals surface area (Å²) < 4.78 is 16.2. The summed E-state index contributed by atoms with van der Waals surface area (Å²) in [4.78, 5) is 23.5. The van der Waals surface area contributed by atoms with Crippen LogP contribution in [0.15, 0.2) is 18.2 Å². The zero-order valence-electron chi connectivity index (χ0n) is 13.5. The molecule has 0 heterocycles. The highest BCUT2D eigenvalue weighted by atomic mass is 16.6. The number of ether oxygens (including phenoxy) is 3. The number of esters is 2. The fraction of sp³-hybridized carbons (Fsp3) is 0.529. The summed E-state index contributed by atoms with van der Waals surface area (Å²) in [5, 5.41) is 0. The predicted molar refractivity (Wildman–Crippen MR) is 83.3 cm³/mol. The summed E-state index contributed by atoms with van der Waals surface area (Å²) in [6.07, 6.45) is 2.80. The highest BCUT2D eigenvalue weighted by molar-refractivity contribution is 5.77. The third-order valence-electron chi connectivity index (χ3n) is 2.75. The first-order valence-corrected chi connectivity index (χ1v) is 7.79. The van der Waals surface area contributed by atoms with Crippen molar-refractivity contribution in [3.8, 4) is 17.2 Å². The molecular formula is C17H24O5. The lowest BCUT2D eigenvalue weighted by Gasteiger charge is -2.14. The van der Waals surface area contributed by atoms with Gasteiger partial charge in [0.2, 0.25) is 5.75 Å². The van der Waals surface area contributed by atoms with Gasteiger partial charge < -0.3 is 14.2 Å². The monoisotopic (exact) mass is 308 g/mol. The van der Waals surface area contributed by atoms with Crippen molar-refractivity contribution in [3.63, 3.8) is 0 Å². The minimum absolute atomic E-state index is 0.179. The zero-order valence-corrected chi connectivity index (χ0v) is 13.5. The first kappa shape index (κ1) is 18.0. The summed E-state index contributed by atoms with van der Waals surface area (Å²) >= 11 is 0. The Morgan fingerprint density at radius 3 is 2.05 bits per heavy atom. The van der Waals surface area contributed by atoms with Gasteiger partial charge in [0, 0.05) is 12.8 Å². The molecule has 0 aliphatic rings. The maximum Gasteiger partial charge on any atom is 0.311 e. The number of para-hydroxylation sites is 1. The molecule has 0 unspecified atom stereocenters. The molecule has 0 aliphatic heterocycles. The summed E-state index contributed by atoms with van der Waals surface area (Å²) in [5.74, 6) is 0.0780. The summed E-state index contributed by atoms with van der Waals surface area (Å²) in [6, 6.07) is 5.00. The molecule has 5 nitrogen and oxygen atoms in total. The molecule has 1 rings (SSSR count). The number of carbonyl (C=O) groups excluding carboxylic acids is 2. The van der Waals surface area contributed by atoms with Gasteiger partial charge in [-0.1, -0.05) is 26.8 Å². The molecule has 0 N–H and O–H groups in total. The van der Waals surface area contributed by atoms with Crippen molar-refractivity contribution in [2.45, 2.75) is 52.9 Å². The van der Waals surface area contributed by atoms with Crippen molar-refractivity contribution in [1.29, 1.82) is 0 Å². The van der Waals surface area contributed by atoms with Crippen LogP contribution in [-0.4, -0.2) is 18.5 Å². The first-order chi connectivity index (χ1) is 10.6. The minimum atomic E-state index is -0.372. The van der Waals surface area contributed by atoms with E-state index in [1.165, 1.54) is 0 Å². The molecule has 0 aromatic heterocycles. The highest BCUT2D eigenvalue weighted by Gasteiger charge is 2.18. The maximum atomic E-state index is 11.8. The van der Waals surface area contributed by atoms with Crippen LogP contribution in [0.4, 0.5) is 0 Å². The van der Waals surface area contributed by atoms with Gasteiger partial charge in [-0.25, -0.2) is 0 Å². The summed E-state index contributed by atoms with van der Waals surface area (Å²) in [7, 11) is 0. The van der Waals surface area contributed by atoms with Crippen molar-refractivity contribution in [3.05, 3.63) is 18.2 Å². The van der Waals surface area contributed by atoms with Gasteiger partial charge in [-0.05, 0) is 31.4 Å². The van der Waals surface area contributed by atoms with Gasteiger partial charge in [-0.3, -0.25) is 9.59 Å². The van der Waals surface area contributed by atoms with E-state index in [0.29, 0.717) is 38.0 Å². The molecule has 0 fully saturated rings. The number of hydrogen-bond acceptors (Lipinski definition) is 5. The van der Waals surface area contributed by atoms with Crippen LogP contribution >= 0.6 is 0 Å². The van der Waals surface area contributed by atoms with Gasteiger partial charge in [0.15, 0.2) is 11.5 Å². The van der Waals surface area contributed by atoms with E-state index in [1.807, 2.05) is 20.8 Å². The first-order valence-electron chi connectivity index (χ1n) is 7.79. The minimum Gasteiger partial charge on any atom is -0.490 e. The largest absolute Gasteiger partial charge is 0.490 e. The van der Waals surface area contributed by atoms with E-state index in [-0.39, 0.29) is 23.4 Å². The molecule has 1 aromatic carbocycles. The molecule has 0 bridgehead atoms. The number of carbonyl (C=O) groups is 2. The van der Waals surface area contributed by atoms with Crippen LogP contribution in [0.5, 0.6) is 17.2 Å². The van der Waals surface area contributed by atoms with Crippen LogP contribution in [0.2, 0.25) is 0 Å². The average Bonchev–Trinajstić information content (AvgIpc) is 2.48. The smallest absolute Gasteiger partial charge is 0.311 e. The Hall–Kier alpha value is -2.04. The van der Waals surface area contributed by atoms with Gasteiger partial charge in [-0.2, -0.15) is 0 Å². The second-order valence-electron chi connectivity index (χ2n) is 4.88. The molecule has 0 radical (unpaired) electrons. The Bertz CT molecular complexity index is 496. The average molecular weight is 308 g/mol. The molecule has 1 aromatic rings. The van der Waals surface area contributed by atoms with Crippen molar-refractivity contribution in [2.75, 3.05) is 6.61 Å². The SMILES string of the molecule is CCCOc1cccc(OC(=O)CCC)c1OC(=O)CCC. The maximum absolute atomic E-state index is 11.8. The lowest BCUT2D eigenvalue weighted by atomic mass is 10.2. The Morgan fingerprint density at radius 1 is 0.864 bits per heavy atom. The Labute approximate surface area is 131 Å². The van der Waals surface area contributed by atoms with Crippen LogP contribution in [0.3, 0.4) is 0 Å². The van der Waals surface area contributed by atoms with Crippen molar-refractivity contribution >= 4 is 11.9 Å². The second kappa shape index (κ2) is 9.82. The quantitative estimate of drug-likeness (QED) is 0.511. The molecule has 122 valence electrons. The molecule has 0 atom stereocenters. The van der Waals surface area contributed by atoms with E-state index >= 15 is 0 Å².